The van der Waals surface area contributed by atoms with Gasteiger partial charge in [-0.3, -0.25) is 0 Å². The summed E-state index contributed by atoms with van der Waals surface area (Å²) in [5, 5.41) is 0. The topological polar surface area (TPSA) is 8.81 Å². The molecule has 21 heavy (non-hydrogen) atoms. The first-order chi connectivity index (χ1) is 10.1. The molecule has 2 aromatic rings. The van der Waals surface area contributed by atoms with E-state index in [2.05, 4.69) is 74.1 Å². The van der Waals surface area contributed by atoms with Crippen LogP contribution in [0.4, 0.5) is 0 Å². The molecule has 0 saturated heterocycles. The van der Waals surface area contributed by atoms with Gasteiger partial charge in [0.05, 0.1) is 6.79 Å². The van der Waals surface area contributed by atoms with E-state index in [4.69, 9.17) is 1.37 Å². The molecule has 0 N–H and O–H groups in total. The highest BCUT2D eigenvalue weighted by Crippen LogP contribution is 2.31. The van der Waals surface area contributed by atoms with Gasteiger partial charge in [-0.1, -0.05) is 18.2 Å². The van der Waals surface area contributed by atoms with Crippen molar-refractivity contribution in [2.75, 3.05) is 0 Å². The normalized spacial score (nSPS) is 21.5. The number of allylic oxidation sites excluding steroid dienone is 1. The molecule has 2 heteroatoms. The van der Waals surface area contributed by atoms with Crippen LogP contribution in [-0.4, -0.2) is 4.57 Å². The number of para-hydroxylation sites is 1. The molecule has 0 aliphatic carbocycles. The van der Waals surface area contributed by atoms with E-state index in [9.17, 15) is 0 Å². The van der Waals surface area contributed by atoms with Gasteiger partial charge in [0.25, 0.3) is 5.82 Å². The van der Waals surface area contributed by atoms with Crippen LogP contribution < -0.4 is 4.57 Å². The number of hydrogen-bond acceptors (Lipinski definition) is 0. The third kappa shape index (κ3) is 2.05. The summed E-state index contributed by atoms with van der Waals surface area (Å²) in [7, 11) is 0. The predicted molar refractivity (Wildman–Crippen MR) is 87.9 cm³/mol. The summed E-state index contributed by atoms with van der Waals surface area (Å²) < 4.78 is 13.2. The highest BCUT2D eigenvalue weighted by Gasteiger charge is 2.39. The Morgan fingerprint density at radius 2 is 1.86 bits per heavy atom. The van der Waals surface area contributed by atoms with Crippen LogP contribution in [0.15, 0.2) is 30.3 Å². The minimum atomic E-state index is -0.726. The maximum absolute atomic E-state index is 8.68. The second-order valence-corrected chi connectivity index (χ2v) is 6.98. The number of hydrogen-bond donors (Lipinski definition) is 0. The van der Waals surface area contributed by atoms with Crippen molar-refractivity contribution in [1.29, 1.82) is 0 Å². The Kier molecular flexibility index (Phi) is 2.81. The Morgan fingerprint density at radius 1 is 1.19 bits per heavy atom. The van der Waals surface area contributed by atoms with Gasteiger partial charge >= 0.3 is 0 Å². The van der Waals surface area contributed by atoms with Crippen LogP contribution in [0.5, 0.6) is 0 Å². The van der Waals surface area contributed by atoms with Gasteiger partial charge in [0.1, 0.15) is 11.7 Å². The fraction of sp³-hybridized carbons (Fsp3) is 0.421. The zero-order valence-corrected chi connectivity index (χ0v) is 13.9. The number of aromatic nitrogens is 2. The summed E-state index contributed by atoms with van der Waals surface area (Å²) in [4.78, 5) is 0. The molecule has 0 radical (unpaired) electrons. The van der Waals surface area contributed by atoms with Gasteiger partial charge in [0, 0.05) is 6.92 Å². The number of nitrogens with zero attached hydrogens (tertiary/aromatic N) is 2. The zero-order valence-electron chi connectivity index (χ0n) is 14.9. The highest BCUT2D eigenvalue weighted by atomic mass is 15.2. The van der Waals surface area contributed by atoms with Crippen molar-refractivity contribution in [1.82, 2.24) is 4.57 Å². The van der Waals surface area contributed by atoms with Crippen molar-refractivity contribution in [2.24, 2.45) is 0 Å². The Hall–Kier alpha value is -1.83. The summed E-state index contributed by atoms with van der Waals surface area (Å²) in [6.45, 7) is 12.9. The number of fused-ring (bicyclic) bond motifs is 1. The molecule has 0 amide bonds. The third-order valence-corrected chi connectivity index (χ3v) is 4.23. The Bertz CT molecular complexity index is 773. The molecule has 0 bridgehead atoms. The molecule has 0 fully saturated rings. The average molecular weight is 282 g/mol. The van der Waals surface area contributed by atoms with Crippen LogP contribution in [0.25, 0.3) is 11.8 Å². The van der Waals surface area contributed by atoms with Gasteiger partial charge in [-0.25, -0.2) is 4.57 Å². The molecule has 1 unspecified atom stereocenters. The standard InChI is InChI=1S/C19H25N2/c1-13-9-7-8-10-16(13)21-15(3)17-12-11-14(2)20(17)18(21)19(4,5)6/h7-12,14H,1-6H3/q+1/i14D. The lowest BCUT2D eigenvalue weighted by molar-refractivity contribution is -0.715. The fourth-order valence-electron chi connectivity index (χ4n) is 3.26. The van der Waals surface area contributed by atoms with Crippen LogP contribution in [0.2, 0.25) is 0 Å². The second kappa shape index (κ2) is 4.59. The lowest BCUT2D eigenvalue weighted by Gasteiger charge is -2.19. The lowest BCUT2D eigenvalue weighted by Crippen LogP contribution is -2.45. The molecule has 0 spiro atoms. The van der Waals surface area contributed by atoms with Crippen LogP contribution >= 0.6 is 0 Å². The number of imidazole rings is 1. The van der Waals surface area contributed by atoms with E-state index in [1.807, 2.05) is 13.0 Å². The molecular formula is C19H25N2+. The summed E-state index contributed by atoms with van der Waals surface area (Å²) in [5.74, 6) is 1.18. The number of benzene rings is 1. The quantitative estimate of drug-likeness (QED) is 0.691. The molecule has 2 heterocycles. The van der Waals surface area contributed by atoms with Gasteiger partial charge < -0.3 is 0 Å². The van der Waals surface area contributed by atoms with Crippen molar-refractivity contribution in [2.45, 2.75) is 53.0 Å². The van der Waals surface area contributed by atoms with E-state index in [0.29, 0.717) is 0 Å². The predicted octanol–water partition coefficient (Wildman–Crippen LogP) is 4.27. The maximum Gasteiger partial charge on any atom is 0.268 e. The van der Waals surface area contributed by atoms with Crippen molar-refractivity contribution in [3.63, 3.8) is 0 Å². The van der Waals surface area contributed by atoms with Gasteiger partial charge in [0.2, 0.25) is 0 Å². The van der Waals surface area contributed by atoms with E-state index < -0.39 is 6.02 Å². The van der Waals surface area contributed by atoms with Gasteiger partial charge in [-0.2, -0.15) is 4.57 Å². The molecule has 0 saturated carbocycles. The first kappa shape index (κ1) is 12.9. The van der Waals surface area contributed by atoms with E-state index in [0.717, 1.165) is 5.69 Å². The first-order valence-electron chi connectivity index (χ1n) is 8.08. The fourth-order valence-corrected chi connectivity index (χ4v) is 3.26. The maximum atomic E-state index is 8.68. The Balaban J connectivity index is 2.43. The summed E-state index contributed by atoms with van der Waals surface area (Å²) in [6.07, 6.45) is 4.07. The average Bonchev–Trinajstić information content (AvgIpc) is 2.87. The Labute approximate surface area is 129 Å². The molecule has 1 aromatic heterocycles. The van der Waals surface area contributed by atoms with Crippen LogP contribution in [-0.2, 0) is 5.41 Å². The summed E-state index contributed by atoms with van der Waals surface area (Å²) >= 11 is 0. The van der Waals surface area contributed by atoms with E-state index in [1.165, 1.54) is 22.8 Å². The molecule has 1 aromatic carbocycles. The number of rotatable bonds is 1. The van der Waals surface area contributed by atoms with Crippen molar-refractivity contribution in [3.05, 3.63) is 53.1 Å². The molecule has 110 valence electrons. The van der Waals surface area contributed by atoms with E-state index in [-0.39, 0.29) is 5.41 Å². The van der Waals surface area contributed by atoms with Gasteiger partial charge in [-0.05, 0) is 58.4 Å². The van der Waals surface area contributed by atoms with E-state index in [1.54, 1.807) is 0 Å². The summed E-state index contributed by atoms with van der Waals surface area (Å²) in [6, 6.07) is 7.74. The molecule has 1 aliphatic rings. The SMILES string of the molecule is [2H]C1(C)C=Cc2c(C)n(-c3ccccc3C)c(C(C)(C)C)[n+]21. The van der Waals surface area contributed by atoms with E-state index >= 15 is 0 Å². The highest BCUT2D eigenvalue weighted by molar-refractivity contribution is 5.52. The monoisotopic (exact) mass is 282 g/mol. The summed E-state index contributed by atoms with van der Waals surface area (Å²) in [5.41, 5.74) is 4.74. The largest absolute Gasteiger partial charge is 0.268 e. The first-order valence-corrected chi connectivity index (χ1v) is 7.58. The van der Waals surface area contributed by atoms with Crippen LogP contribution in [0.1, 0.15) is 57.9 Å². The molecule has 3 rings (SSSR count). The zero-order chi connectivity index (χ0) is 16.3. The van der Waals surface area contributed by atoms with Crippen LogP contribution in [0, 0.1) is 13.8 Å². The minimum Gasteiger partial charge on any atom is -0.221 e. The molecular weight excluding hydrogens is 256 g/mol. The molecule has 2 nitrogen and oxygen atoms in total. The third-order valence-electron chi connectivity index (χ3n) is 4.23. The smallest absolute Gasteiger partial charge is 0.221 e. The van der Waals surface area contributed by atoms with Gasteiger partial charge in [-0.15, -0.1) is 0 Å². The van der Waals surface area contributed by atoms with Gasteiger partial charge in [0.15, 0.2) is 11.4 Å². The molecule has 1 aliphatic heterocycles. The lowest BCUT2D eigenvalue weighted by atomic mass is 9.94. The van der Waals surface area contributed by atoms with Crippen molar-refractivity contribution >= 4 is 6.08 Å². The number of aryl methyl sites for hydroxylation is 1. The van der Waals surface area contributed by atoms with Crippen LogP contribution in [0.3, 0.4) is 0 Å². The second-order valence-electron chi connectivity index (χ2n) is 6.98. The molecule has 1 atom stereocenters. The van der Waals surface area contributed by atoms with Crippen molar-refractivity contribution < 1.29 is 5.94 Å². The Morgan fingerprint density at radius 3 is 2.48 bits per heavy atom. The van der Waals surface area contributed by atoms with Crippen molar-refractivity contribution in [3.8, 4) is 5.69 Å². The minimum absolute atomic E-state index is 0.0559.